The van der Waals surface area contributed by atoms with Gasteiger partial charge in [-0.25, -0.2) is 0 Å². The molecule has 1 atom stereocenters. The van der Waals surface area contributed by atoms with Crippen molar-refractivity contribution in [1.29, 1.82) is 0 Å². The Bertz CT molecular complexity index is 399. The number of thioether (sulfide) groups is 1. The summed E-state index contributed by atoms with van der Waals surface area (Å²) in [5.41, 5.74) is 0. The zero-order valence-electron chi connectivity index (χ0n) is 13.9. The summed E-state index contributed by atoms with van der Waals surface area (Å²) in [5.74, 6) is 0.581. The summed E-state index contributed by atoms with van der Waals surface area (Å²) in [6.07, 6.45) is 6.15. The fraction of sp³-hybridized carbons (Fsp3) is 0.812. The highest BCUT2D eigenvalue weighted by Gasteiger charge is 2.37. The minimum absolute atomic E-state index is 0.0519. The summed E-state index contributed by atoms with van der Waals surface area (Å²) in [7, 11) is 0. The van der Waals surface area contributed by atoms with Crippen molar-refractivity contribution in [3.05, 3.63) is 0 Å². The maximum atomic E-state index is 11.9. The minimum Gasteiger partial charge on any atom is -0.356 e. The van der Waals surface area contributed by atoms with Gasteiger partial charge in [0.2, 0.25) is 17.7 Å². The van der Waals surface area contributed by atoms with Gasteiger partial charge in [0, 0.05) is 25.9 Å². The first-order chi connectivity index (χ1) is 10.5. The molecule has 0 spiro atoms. The van der Waals surface area contributed by atoms with Crippen LogP contribution in [0, 0.1) is 5.92 Å². The lowest BCUT2D eigenvalue weighted by Gasteiger charge is -2.14. The van der Waals surface area contributed by atoms with E-state index in [1.54, 1.807) is 0 Å². The highest BCUT2D eigenvalue weighted by Crippen LogP contribution is 2.23. The van der Waals surface area contributed by atoms with Crippen LogP contribution in [0.2, 0.25) is 0 Å². The molecule has 0 radical (unpaired) electrons. The molecule has 22 heavy (non-hydrogen) atoms. The van der Waals surface area contributed by atoms with E-state index in [1.807, 2.05) is 6.26 Å². The molecule has 1 rings (SSSR count). The van der Waals surface area contributed by atoms with Crippen LogP contribution >= 0.6 is 11.8 Å². The van der Waals surface area contributed by atoms with E-state index in [4.69, 9.17) is 0 Å². The molecule has 0 saturated carbocycles. The molecule has 6 heteroatoms. The van der Waals surface area contributed by atoms with Crippen LogP contribution in [0.5, 0.6) is 0 Å². The molecule has 0 bridgehead atoms. The Morgan fingerprint density at radius 2 is 2.05 bits per heavy atom. The van der Waals surface area contributed by atoms with Crippen LogP contribution in [0.3, 0.4) is 0 Å². The van der Waals surface area contributed by atoms with Gasteiger partial charge < -0.3 is 5.32 Å². The van der Waals surface area contributed by atoms with E-state index in [2.05, 4.69) is 19.2 Å². The Balaban J connectivity index is 2.09. The maximum Gasteiger partial charge on any atom is 0.242 e. The number of imide groups is 1. The topological polar surface area (TPSA) is 66.5 Å². The summed E-state index contributed by atoms with van der Waals surface area (Å²) in [5, 5.41) is 2.72. The van der Waals surface area contributed by atoms with Gasteiger partial charge >= 0.3 is 0 Å². The minimum atomic E-state index is -0.195. The van der Waals surface area contributed by atoms with Crippen molar-refractivity contribution in [2.24, 2.45) is 5.92 Å². The number of nitrogens with zero attached hydrogens (tertiary/aromatic N) is 1. The van der Waals surface area contributed by atoms with Crippen molar-refractivity contribution in [2.75, 3.05) is 19.3 Å². The molecule has 1 aliphatic rings. The smallest absolute Gasteiger partial charge is 0.242 e. The predicted molar refractivity (Wildman–Crippen MR) is 89.6 cm³/mol. The molecule has 5 nitrogen and oxygen atoms in total. The van der Waals surface area contributed by atoms with Crippen LogP contribution in [0.25, 0.3) is 0 Å². The number of amides is 3. The third-order valence-corrected chi connectivity index (χ3v) is 4.75. The fourth-order valence-corrected chi connectivity index (χ4v) is 3.03. The molecule has 1 heterocycles. The van der Waals surface area contributed by atoms with Crippen molar-refractivity contribution in [3.63, 3.8) is 0 Å². The molecule has 1 aliphatic heterocycles. The normalized spacial score (nSPS) is 18.4. The third-order valence-electron chi connectivity index (χ3n) is 3.82. The van der Waals surface area contributed by atoms with E-state index in [1.165, 1.54) is 16.7 Å². The van der Waals surface area contributed by atoms with E-state index in [-0.39, 0.29) is 23.0 Å². The van der Waals surface area contributed by atoms with Crippen LogP contribution < -0.4 is 5.32 Å². The van der Waals surface area contributed by atoms with Gasteiger partial charge in [-0.05, 0) is 31.4 Å². The largest absolute Gasteiger partial charge is 0.356 e. The van der Waals surface area contributed by atoms with Crippen LogP contribution in [-0.2, 0) is 14.4 Å². The Morgan fingerprint density at radius 1 is 1.32 bits per heavy atom. The number of unbranched alkanes of at least 4 members (excludes halogenated alkanes) is 2. The van der Waals surface area contributed by atoms with E-state index in [0.717, 1.165) is 32.2 Å². The monoisotopic (exact) mass is 328 g/mol. The summed E-state index contributed by atoms with van der Waals surface area (Å²) >= 11 is 1.44. The van der Waals surface area contributed by atoms with Gasteiger partial charge in [-0.1, -0.05) is 20.3 Å². The number of rotatable bonds is 10. The Kier molecular flexibility index (Phi) is 8.53. The number of nitrogens with one attached hydrogen (secondary N) is 1. The Morgan fingerprint density at radius 3 is 2.64 bits per heavy atom. The SMILES string of the molecule is CSC1CC(=O)N(CCCCCC(=O)NCCC(C)C)C1=O. The zero-order valence-corrected chi connectivity index (χ0v) is 14.7. The highest BCUT2D eigenvalue weighted by atomic mass is 32.2. The lowest BCUT2D eigenvalue weighted by molar-refractivity contribution is -0.138. The molecule has 1 N–H and O–H groups in total. The number of hydrogen-bond acceptors (Lipinski definition) is 4. The standard InChI is InChI=1S/C16H28N2O3S/c1-12(2)8-9-17-14(19)7-5-4-6-10-18-15(20)11-13(22-3)16(18)21/h12-13H,4-11H2,1-3H3,(H,17,19). The molecule has 0 aromatic heterocycles. The molecule has 0 aromatic carbocycles. The molecule has 1 saturated heterocycles. The summed E-state index contributed by atoms with van der Waals surface area (Å²) in [6, 6.07) is 0. The third kappa shape index (κ3) is 6.38. The average Bonchev–Trinajstić information content (AvgIpc) is 2.73. The predicted octanol–water partition coefficient (Wildman–Crippen LogP) is 2.20. The van der Waals surface area contributed by atoms with Gasteiger partial charge in [-0.3, -0.25) is 19.3 Å². The van der Waals surface area contributed by atoms with Crippen LogP contribution in [-0.4, -0.2) is 47.2 Å². The fourth-order valence-electron chi connectivity index (χ4n) is 2.39. The number of carbonyl (C=O) groups is 3. The average molecular weight is 328 g/mol. The van der Waals surface area contributed by atoms with E-state index in [0.29, 0.717) is 25.3 Å². The number of carbonyl (C=O) groups excluding carboxylic acids is 3. The van der Waals surface area contributed by atoms with E-state index in [9.17, 15) is 14.4 Å². The molecular formula is C16H28N2O3S. The van der Waals surface area contributed by atoms with Gasteiger partial charge in [0.25, 0.3) is 0 Å². The van der Waals surface area contributed by atoms with Crippen molar-refractivity contribution in [2.45, 2.75) is 57.6 Å². The van der Waals surface area contributed by atoms with Gasteiger partial charge in [0.1, 0.15) is 0 Å². The van der Waals surface area contributed by atoms with Gasteiger partial charge in [0.05, 0.1) is 5.25 Å². The van der Waals surface area contributed by atoms with Crippen molar-refractivity contribution in [1.82, 2.24) is 10.2 Å². The molecular weight excluding hydrogens is 300 g/mol. The Labute approximate surface area is 137 Å². The molecule has 0 aliphatic carbocycles. The zero-order chi connectivity index (χ0) is 16.5. The first-order valence-corrected chi connectivity index (χ1v) is 9.38. The summed E-state index contributed by atoms with van der Waals surface area (Å²) in [4.78, 5) is 36.6. The number of likely N-dealkylation sites (tertiary alicyclic amines) is 1. The molecule has 1 fully saturated rings. The van der Waals surface area contributed by atoms with Crippen molar-refractivity contribution >= 4 is 29.5 Å². The highest BCUT2D eigenvalue weighted by molar-refractivity contribution is 8.00. The quantitative estimate of drug-likeness (QED) is 0.493. The Hall–Kier alpha value is -1.04. The first-order valence-electron chi connectivity index (χ1n) is 8.09. The second kappa shape index (κ2) is 9.87. The maximum absolute atomic E-state index is 11.9. The van der Waals surface area contributed by atoms with Crippen LogP contribution in [0.4, 0.5) is 0 Å². The van der Waals surface area contributed by atoms with Crippen molar-refractivity contribution in [3.8, 4) is 0 Å². The van der Waals surface area contributed by atoms with Gasteiger partial charge in [-0.15, -0.1) is 0 Å². The molecule has 1 unspecified atom stereocenters. The molecule has 0 aromatic rings. The first kappa shape index (κ1) is 19.0. The molecule has 126 valence electrons. The summed E-state index contributed by atoms with van der Waals surface area (Å²) in [6.45, 7) is 5.50. The second-order valence-electron chi connectivity index (χ2n) is 6.16. The lowest BCUT2D eigenvalue weighted by atomic mass is 10.1. The number of hydrogen-bond donors (Lipinski definition) is 1. The van der Waals surface area contributed by atoms with E-state index >= 15 is 0 Å². The van der Waals surface area contributed by atoms with Crippen LogP contribution in [0.15, 0.2) is 0 Å². The van der Waals surface area contributed by atoms with E-state index < -0.39 is 0 Å². The van der Waals surface area contributed by atoms with Crippen molar-refractivity contribution < 1.29 is 14.4 Å². The van der Waals surface area contributed by atoms with Crippen LogP contribution in [0.1, 0.15) is 52.4 Å². The van der Waals surface area contributed by atoms with Gasteiger partial charge in [-0.2, -0.15) is 11.8 Å². The summed E-state index contributed by atoms with van der Waals surface area (Å²) < 4.78 is 0. The lowest BCUT2D eigenvalue weighted by Crippen LogP contribution is -2.32. The second-order valence-corrected chi connectivity index (χ2v) is 7.20. The van der Waals surface area contributed by atoms with Gasteiger partial charge in [0.15, 0.2) is 0 Å². The molecule has 3 amide bonds.